The lowest BCUT2D eigenvalue weighted by atomic mass is 9.99. The monoisotopic (exact) mass is 397 g/mol. The van der Waals surface area contributed by atoms with Gasteiger partial charge in [-0.15, -0.1) is 11.3 Å². The summed E-state index contributed by atoms with van der Waals surface area (Å²) in [5.41, 5.74) is 3.01. The Labute approximate surface area is 165 Å². The molecule has 2 aromatic heterocycles. The van der Waals surface area contributed by atoms with E-state index in [9.17, 15) is 9.59 Å². The third-order valence-electron chi connectivity index (χ3n) is 4.63. The number of nitrogens with zero attached hydrogens (tertiary/aromatic N) is 2. The Hall–Kier alpha value is -3.13. The number of anilines is 1. The normalized spacial score (nSPS) is 13.1. The predicted molar refractivity (Wildman–Crippen MR) is 105 cm³/mol. The molecule has 3 aromatic rings. The van der Waals surface area contributed by atoms with Crippen LogP contribution in [0, 0.1) is 0 Å². The molecule has 3 heterocycles. The van der Waals surface area contributed by atoms with Crippen molar-refractivity contribution in [2.75, 3.05) is 19.0 Å². The summed E-state index contributed by atoms with van der Waals surface area (Å²) in [7, 11) is 1.65. The number of methoxy groups -OCH3 is 1. The first-order chi connectivity index (χ1) is 13.6. The summed E-state index contributed by atoms with van der Waals surface area (Å²) in [5.74, 6) is 0.720. The highest BCUT2D eigenvalue weighted by atomic mass is 32.1. The number of carbonyl (C=O) groups is 2. The number of rotatable bonds is 5. The van der Waals surface area contributed by atoms with E-state index < -0.39 is 0 Å². The number of hydrogen-bond donors (Lipinski definition) is 1. The second kappa shape index (κ2) is 7.85. The number of thiazole rings is 1. The fourth-order valence-corrected chi connectivity index (χ4v) is 3.85. The van der Waals surface area contributed by atoms with Gasteiger partial charge >= 0.3 is 0 Å². The van der Waals surface area contributed by atoms with E-state index in [-0.39, 0.29) is 24.0 Å². The maximum Gasteiger partial charge on any atom is 0.293 e. The summed E-state index contributed by atoms with van der Waals surface area (Å²) < 4.78 is 10.3. The smallest absolute Gasteiger partial charge is 0.293 e. The van der Waals surface area contributed by atoms with E-state index in [0.29, 0.717) is 23.9 Å². The molecule has 8 heteroatoms. The van der Waals surface area contributed by atoms with Gasteiger partial charge < -0.3 is 14.1 Å². The zero-order chi connectivity index (χ0) is 19.5. The van der Waals surface area contributed by atoms with Gasteiger partial charge in [0.05, 0.1) is 25.5 Å². The Morgan fingerprint density at radius 3 is 3.00 bits per heavy atom. The van der Waals surface area contributed by atoms with Crippen LogP contribution < -0.4 is 10.1 Å². The molecule has 0 bridgehead atoms. The number of carbonyl (C=O) groups excluding carboxylic acids is 2. The number of amides is 2. The molecular formula is C20H19N3O4S. The molecule has 0 spiro atoms. The number of hydrogen-bond acceptors (Lipinski definition) is 6. The van der Waals surface area contributed by atoms with E-state index in [4.69, 9.17) is 9.15 Å². The first-order valence-electron chi connectivity index (χ1n) is 8.85. The minimum absolute atomic E-state index is 0.0238. The maximum atomic E-state index is 12.7. The fraction of sp³-hybridized carbons (Fsp3) is 0.250. The van der Waals surface area contributed by atoms with Gasteiger partial charge in [0.15, 0.2) is 10.9 Å². The van der Waals surface area contributed by atoms with Crippen molar-refractivity contribution in [3.8, 4) is 5.75 Å². The zero-order valence-corrected chi connectivity index (χ0v) is 16.1. The molecule has 1 aromatic carbocycles. The largest absolute Gasteiger partial charge is 0.497 e. The van der Waals surface area contributed by atoms with Crippen molar-refractivity contribution in [2.45, 2.75) is 19.4 Å². The van der Waals surface area contributed by atoms with Gasteiger partial charge in [0, 0.05) is 18.5 Å². The molecule has 28 heavy (non-hydrogen) atoms. The highest BCUT2D eigenvalue weighted by Gasteiger charge is 2.22. The number of furan rings is 1. The number of benzene rings is 1. The van der Waals surface area contributed by atoms with Gasteiger partial charge in [0.25, 0.3) is 5.91 Å². The van der Waals surface area contributed by atoms with Gasteiger partial charge in [-0.05, 0) is 41.8 Å². The average Bonchev–Trinajstić information content (AvgIpc) is 3.39. The topological polar surface area (TPSA) is 84.7 Å². The molecule has 0 saturated heterocycles. The van der Waals surface area contributed by atoms with Crippen molar-refractivity contribution < 1.29 is 18.7 Å². The summed E-state index contributed by atoms with van der Waals surface area (Å²) in [5, 5.41) is 4.91. The van der Waals surface area contributed by atoms with Crippen LogP contribution in [0.2, 0.25) is 0 Å². The van der Waals surface area contributed by atoms with Crippen LogP contribution in [0.3, 0.4) is 0 Å². The quantitative estimate of drug-likeness (QED) is 0.715. The van der Waals surface area contributed by atoms with Gasteiger partial charge in [-0.2, -0.15) is 0 Å². The third-order valence-corrected chi connectivity index (χ3v) is 5.43. The van der Waals surface area contributed by atoms with E-state index >= 15 is 0 Å². The first kappa shape index (κ1) is 18.2. The van der Waals surface area contributed by atoms with Crippen molar-refractivity contribution in [1.29, 1.82) is 0 Å². The summed E-state index contributed by atoms with van der Waals surface area (Å²) in [6, 6.07) is 9.19. The highest BCUT2D eigenvalue weighted by Crippen LogP contribution is 2.24. The van der Waals surface area contributed by atoms with Crippen LogP contribution in [0.15, 0.2) is 46.4 Å². The standard InChI is InChI=1S/C20H19N3O4S/c1-26-16-5-4-14-11-23(7-6-13(14)9-16)18(24)10-15-12-28-20(21-15)22-19(25)17-3-2-8-27-17/h2-5,8-9,12H,6-7,10-11H2,1H3,(H,21,22,25). The second-order valence-electron chi connectivity index (χ2n) is 6.45. The molecule has 144 valence electrons. The zero-order valence-electron chi connectivity index (χ0n) is 15.3. The van der Waals surface area contributed by atoms with Crippen molar-refractivity contribution in [3.05, 3.63) is 64.6 Å². The molecule has 0 saturated carbocycles. The van der Waals surface area contributed by atoms with Crippen LogP contribution in [0.4, 0.5) is 5.13 Å². The molecule has 1 aliphatic heterocycles. The second-order valence-corrected chi connectivity index (χ2v) is 7.31. The van der Waals surface area contributed by atoms with Crippen molar-refractivity contribution in [2.24, 2.45) is 0 Å². The van der Waals surface area contributed by atoms with Gasteiger partial charge in [0.2, 0.25) is 5.91 Å². The first-order valence-corrected chi connectivity index (χ1v) is 9.73. The Kier molecular flexibility index (Phi) is 5.12. The molecule has 7 nitrogen and oxygen atoms in total. The molecule has 1 N–H and O–H groups in total. The van der Waals surface area contributed by atoms with Crippen LogP contribution >= 0.6 is 11.3 Å². The molecule has 1 aliphatic rings. The summed E-state index contributed by atoms with van der Waals surface area (Å²) in [6.45, 7) is 1.26. The van der Waals surface area contributed by atoms with Gasteiger partial charge in [-0.25, -0.2) is 4.98 Å². The van der Waals surface area contributed by atoms with Crippen LogP contribution in [-0.4, -0.2) is 35.4 Å². The highest BCUT2D eigenvalue weighted by molar-refractivity contribution is 7.14. The van der Waals surface area contributed by atoms with E-state index in [1.165, 1.54) is 23.2 Å². The molecule has 0 atom stereocenters. The Morgan fingerprint density at radius 1 is 1.32 bits per heavy atom. The predicted octanol–water partition coefficient (Wildman–Crippen LogP) is 3.12. The number of nitrogens with one attached hydrogen (secondary N) is 1. The molecule has 2 amide bonds. The minimum Gasteiger partial charge on any atom is -0.497 e. The van der Waals surface area contributed by atoms with E-state index in [1.807, 2.05) is 23.1 Å². The Balaban J connectivity index is 1.36. The van der Waals surface area contributed by atoms with Gasteiger partial charge in [-0.1, -0.05) is 6.07 Å². The Bertz CT molecular complexity index is 997. The van der Waals surface area contributed by atoms with E-state index in [0.717, 1.165) is 17.7 Å². The van der Waals surface area contributed by atoms with E-state index in [2.05, 4.69) is 10.3 Å². The lowest BCUT2D eigenvalue weighted by Gasteiger charge is -2.29. The lowest BCUT2D eigenvalue weighted by molar-refractivity contribution is -0.131. The van der Waals surface area contributed by atoms with Crippen LogP contribution in [0.25, 0.3) is 0 Å². The van der Waals surface area contributed by atoms with Crippen LogP contribution in [0.1, 0.15) is 27.4 Å². The van der Waals surface area contributed by atoms with Crippen LogP contribution in [-0.2, 0) is 24.2 Å². The summed E-state index contributed by atoms with van der Waals surface area (Å²) in [6.07, 6.45) is 2.45. The van der Waals surface area contributed by atoms with Crippen molar-refractivity contribution in [1.82, 2.24) is 9.88 Å². The maximum absolute atomic E-state index is 12.7. The summed E-state index contributed by atoms with van der Waals surface area (Å²) in [4.78, 5) is 30.9. The van der Waals surface area contributed by atoms with E-state index in [1.54, 1.807) is 24.6 Å². The number of fused-ring (bicyclic) bond motifs is 1. The molecule has 0 aliphatic carbocycles. The molecule has 0 fully saturated rings. The summed E-state index contributed by atoms with van der Waals surface area (Å²) >= 11 is 1.29. The minimum atomic E-state index is -0.361. The molecule has 0 radical (unpaired) electrons. The Morgan fingerprint density at radius 2 is 2.21 bits per heavy atom. The fourth-order valence-electron chi connectivity index (χ4n) is 3.15. The average molecular weight is 397 g/mol. The number of ether oxygens (including phenoxy) is 1. The lowest BCUT2D eigenvalue weighted by Crippen LogP contribution is -2.37. The van der Waals surface area contributed by atoms with Crippen molar-refractivity contribution in [3.63, 3.8) is 0 Å². The molecular weight excluding hydrogens is 378 g/mol. The van der Waals surface area contributed by atoms with Gasteiger partial charge in [-0.3, -0.25) is 14.9 Å². The van der Waals surface area contributed by atoms with Crippen LogP contribution in [0.5, 0.6) is 5.75 Å². The third kappa shape index (κ3) is 3.91. The SMILES string of the molecule is COc1ccc2c(c1)CCN(C(=O)Cc1csc(NC(=O)c3ccco3)n1)C2. The van der Waals surface area contributed by atoms with Crippen molar-refractivity contribution >= 4 is 28.3 Å². The number of aromatic nitrogens is 1. The van der Waals surface area contributed by atoms with Gasteiger partial charge in [0.1, 0.15) is 5.75 Å². The molecule has 0 unspecified atom stereocenters. The molecule has 4 rings (SSSR count).